The summed E-state index contributed by atoms with van der Waals surface area (Å²) in [5.74, 6) is -1.10. The molecule has 0 bridgehead atoms. The van der Waals surface area contributed by atoms with Gasteiger partial charge in [-0.1, -0.05) is 26.8 Å². The second-order valence-electron chi connectivity index (χ2n) is 9.63. The Hall–Kier alpha value is -1.40. The highest BCUT2D eigenvalue weighted by atomic mass is 16.6. The van der Waals surface area contributed by atoms with Crippen molar-refractivity contribution in [3.63, 3.8) is 0 Å². The van der Waals surface area contributed by atoms with Gasteiger partial charge in [0.2, 0.25) is 0 Å². The van der Waals surface area contributed by atoms with Crippen LogP contribution >= 0.6 is 0 Å². The first kappa shape index (κ1) is 21.3. The number of hydrogen-bond donors (Lipinski definition) is 1. The van der Waals surface area contributed by atoms with Crippen LogP contribution < -0.4 is 0 Å². The van der Waals surface area contributed by atoms with E-state index in [0.717, 1.165) is 0 Å². The van der Waals surface area contributed by atoms with Gasteiger partial charge in [-0.2, -0.15) is 0 Å². The summed E-state index contributed by atoms with van der Waals surface area (Å²) >= 11 is 0. The summed E-state index contributed by atoms with van der Waals surface area (Å²) in [6, 6.07) is 0. The third-order valence-corrected chi connectivity index (χ3v) is 7.46. The molecule has 0 aromatic rings. The number of esters is 2. The molecule has 1 saturated heterocycles. The van der Waals surface area contributed by atoms with Crippen molar-refractivity contribution in [2.75, 3.05) is 0 Å². The second kappa shape index (κ2) is 6.84. The summed E-state index contributed by atoms with van der Waals surface area (Å²) in [5, 5.41) is 11.7. The number of carbonyl (C=O) groups is 2. The lowest BCUT2D eigenvalue weighted by molar-refractivity contribution is -0.181. The van der Waals surface area contributed by atoms with Gasteiger partial charge in [0.05, 0.1) is 11.2 Å². The van der Waals surface area contributed by atoms with E-state index in [2.05, 4.69) is 0 Å². The fourth-order valence-electron chi connectivity index (χ4n) is 5.56. The van der Waals surface area contributed by atoms with E-state index >= 15 is 0 Å². The number of rotatable bonds is 4. The quantitative estimate of drug-likeness (QED) is 0.448. The Balaban J connectivity index is 2.07. The summed E-state index contributed by atoms with van der Waals surface area (Å²) in [6.45, 7) is 12.9. The van der Waals surface area contributed by atoms with Crippen molar-refractivity contribution >= 4 is 11.9 Å². The summed E-state index contributed by atoms with van der Waals surface area (Å²) in [4.78, 5) is 24.5. The summed E-state index contributed by atoms with van der Waals surface area (Å²) < 4.78 is 17.7. The van der Waals surface area contributed by atoms with Gasteiger partial charge < -0.3 is 19.3 Å². The Bertz CT molecular complexity index is 699. The average molecular weight is 395 g/mol. The van der Waals surface area contributed by atoms with Crippen LogP contribution in [0.4, 0.5) is 0 Å². The van der Waals surface area contributed by atoms with Crippen LogP contribution in [-0.4, -0.2) is 46.6 Å². The fourth-order valence-corrected chi connectivity index (χ4v) is 5.56. The maximum Gasteiger partial charge on any atom is 0.333 e. The van der Waals surface area contributed by atoms with Crippen LogP contribution in [0, 0.1) is 17.3 Å². The lowest BCUT2D eigenvalue weighted by Crippen LogP contribution is -2.54. The predicted octanol–water partition coefficient (Wildman–Crippen LogP) is 3.16. The molecular formula is C22H34O6. The molecule has 7 atom stereocenters. The number of fused-ring (bicyclic) bond motifs is 2. The van der Waals surface area contributed by atoms with Gasteiger partial charge in [-0.3, -0.25) is 4.79 Å². The van der Waals surface area contributed by atoms with Crippen molar-refractivity contribution in [3.05, 3.63) is 11.6 Å². The first-order chi connectivity index (χ1) is 12.9. The summed E-state index contributed by atoms with van der Waals surface area (Å²) in [6.07, 6.45) is 2.22. The van der Waals surface area contributed by atoms with Crippen LogP contribution in [-0.2, 0) is 23.8 Å². The van der Waals surface area contributed by atoms with Gasteiger partial charge in [0.1, 0.15) is 18.3 Å². The third-order valence-electron chi connectivity index (χ3n) is 7.46. The molecule has 0 unspecified atom stereocenters. The van der Waals surface area contributed by atoms with Crippen molar-refractivity contribution < 1.29 is 28.9 Å². The van der Waals surface area contributed by atoms with E-state index in [1.807, 2.05) is 27.7 Å². The van der Waals surface area contributed by atoms with Gasteiger partial charge in [0.25, 0.3) is 0 Å². The molecule has 1 aliphatic heterocycles. The van der Waals surface area contributed by atoms with E-state index in [4.69, 9.17) is 14.2 Å². The number of epoxide rings is 1. The Morgan fingerprint density at radius 2 is 1.82 bits per heavy atom. The van der Waals surface area contributed by atoms with Gasteiger partial charge in [-0.05, 0) is 39.5 Å². The molecule has 0 aromatic heterocycles. The van der Waals surface area contributed by atoms with Gasteiger partial charge in [0.15, 0.2) is 0 Å². The normalized spacial score (nSPS) is 45.1. The molecule has 2 aliphatic carbocycles. The molecule has 1 heterocycles. The Morgan fingerprint density at radius 3 is 2.36 bits per heavy atom. The Morgan fingerprint density at radius 1 is 1.18 bits per heavy atom. The van der Waals surface area contributed by atoms with Crippen molar-refractivity contribution in [1.29, 1.82) is 0 Å². The number of hydrogen-bond acceptors (Lipinski definition) is 6. The molecule has 0 amide bonds. The van der Waals surface area contributed by atoms with E-state index in [1.54, 1.807) is 19.9 Å². The Labute approximate surface area is 167 Å². The molecule has 6 heteroatoms. The van der Waals surface area contributed by atoms with E-state index < -0.39 is 28.8 Å². The topological polar surface area (TPSA) is 85.4 Å². The molecule has 0 radical (unpaired) electrons. The third kappa shape index (κ3) is 3.18. The molecular weight excluding hydrogens is 360 g/mol. The van der Waals surface area contributed by atoms with Gasteiger partial charge >= 0.3 is 11.9 Å². The average Bonchev–Trinajstić information content (AvgIpc) is 3.17. The molecule has 3 fully saturated rings. The number of allylic oxidation sites excluding steroid dienone is 1. The van der Waals surface area contributed by atoms with Crippen LogP contribution in [0.3, 0.4) is 0 Å². The molecule has 3 aliphatic rings. The van der Waals surface area contributed by atoms with Crippen molar-refractivity contribution in [2.45, 2.75) is 97.2 Å². The predicted molar refractivity (Wildman–Crippen MR) is 103 cm³/mol. The van der Waals surface area contributed by atoms with Crippen LogP contribution in [0.5, 0.6) is 0 Å². The molecule has 28 heavy (non-hydrogen) atoms. The van der Waals surface area contributed by atoms with Gasteiger partial charge in [-0.15, -0.1) is 0 Å². The van der Waals surface area contributed by atoms with E-state index in [-0.39, 0.29) is 29.9 Å². The summed E-state index contributed by atoms with van der Waals surface area (Å²) in [7, 11) is 0. The SMILES string of the molecule is C/C=C(/C)C(=O)O[C@H]1C[C@@]2(C)O[C@@H]2[C@@H](OC(C)=O)[C@@]2(C)CC[C@@](O)(C(C)C)[C@H]12. The minimum Gasteiger partial charge on any atom is -0.459 e. The molecule has 3 rings (SSSR count). The van der Waals surface area contributed by atoms with Crippen LogP contribution in [0.15, 0.2) is 11.6 Å². The molecule has 1 N–H and O–H groups in total. The first-order valence-electron chi connectivity index (χ1n) is 10.3. The van der Waals surface area contributed by atoms with E-state index in [9.17, 15) is 14.7 Å². The number of aliphatic hydroxyl groups is 1. The zero-order valence-electron chi connectivity index (χ0n) is 18.1. The van der Waals surface area contributed by atoms with E-state index in [0.29, 0.717) is 24.8 Å². The van der Waals surface area contributed by atoms with Crippen molar-refractivity contribution in [2.24, 2.45) is 17.3 Å². The maximum atomic E-state index is 12.6. The monoisotopic (exact) mass is 394 g/mol. The van der Waals surface area contributed by atoms with E-state index in [1.165, 1.54) is 6.92 Å². The number of ether oxygens (including phenoxy) is 3. The first-order valence-corrected chi connectivity index (χ1v) is 10.3. The van der Waals surface area contributed by atoms with Crippen molar-refractivity contribution in [3.8, 4) is 0 Å². The lowest BCUT2D eigenvalue weighted by atomic mass is 9.66. The largest absolute Gasteiger partial charge is 0.459 e. The minimum atomic E-state index is -1.00. The second-order valence-corrected chi connectivity index (χ2v) is 9.63. The summed E-state index contributed by atoms with van der Waals surface area (Å²) in [5.41, 5.74) is -1.54. The number of carbonyl (C=O) groups excluding carboxylic acids is 2. The lowest BCUT2D eigenvalue weighted by Gasteiger charge is -2.45. The molecule has 158 valence electrons. The van der Waals surface area contributed by atoms with Crippen LogP contribution in [0.25, 0.3) is 0 Å². The zero-order chi connectivity index (χ0) is 21.1. The highest BCUT2D eigenvalue weighted by Crippen LogP contribution is 2.64. The van der Waals surface area contributed by atoms with Gasteiger partial charge in [0, 0.05) is 30.3 Å². The van der Waals surface area contributed by atoms with Crippen LogP contribution in [0.2, 0.25) is 0 Å². The Kier molecular flexibility index (Phi) is 5.20. The smallest absolute Gasteiger partial charge is 0.333 e. The zero-order valence-corrected chi connectivity index (χ0v) is 18.1. The standard InChI is InChI=1S/C22H34O6/c1-8-13(4)19(24)27-15-11-21(7)18(28-21)17(26-14(5)23)20(6)9-10-22(25,12(2)3)16(15)20/h8,12,15-18,25H,9-11H2,1-7H3/b13-8-/t15-,16+,17+,18+,20-,21+,22+/m0/s1. The highest BCUT2D eigenvalue weighted by molar-refractivity contribution is 5.87. The highest BCUT2D eigenvalue weighted by Gasteiger charge is 2.73. The van der Waals surface area contributed by atoms with Crippen molar-refractivity contribution in [1.82, 2.24) is 0 Å². The van der Waals surface area contributed by atoms with Crippen LogP contribution in [0.1, 0.15) is 67.7 Å². The maximum absolute atomic E-state index is 12.6. The molecule has 6 nitrogen and oxygen atoms in total. The van der Waals surface area contributed by atoms with Gasteiger partial charge in [-0.25, -0.2) is 4.79 Å². The fraction of sp³-hybridized carbons (Fsp3) is 0.818. The molecule has 0 spiro atoms. The molecule has 0 aromatic carbocycles. The minimum absolute atomic E-state index is 0.0236. The molecule has 2 saturated carbocycles.